The van der Waals surface area contributed by atoms with Gasteiger partial charge in [0.2, 0.25) is 0 Å². The number of hydrogen-bond donors (Lipinski definition) is 1. The normalized spacial score (nSPS) is 33.4. The number of nitrogens with zero attached hydrogens (tertiary/aromatic N) is 1. The molecule has 2 rings (SSSR count). The molecule has 3 unspecified atom stereocenters. The molecule has 17 heavy (non-hydrogen) atoms. The lowest BCUT2D eigenvalue weighted by atomic mass is 9.81. The number of carbonyl (C=O) groups is 1. The maximum atomic E-state index is 12.1. The lowest BCUT2D eigenvalue weighted by molar-refractivity contribution is 0.0175. The van der Waals surface area contributed by atoms with Gasteiger partial charge >= 0.3 is 6.09 Å². The molecule has 0 radical (unpaired) electrons. The Balaban J connectivity index is 2.01. The monoisotopic (exact) mass is 240 g/mol. The van der Waals surface area contributed by atoms with E-state index < -0.39 is 5.60 Å². The molecule has 0 spiro atoms. The van der Waals surface area contributed by atoms with Gasteiger partial charge < -0.3 is 15.4 Å². The van der Waals surface area contributed by atoms with Crippen molar-refractivity contribution < 1.29 is 9.53 Å². The van der Waals surface area contributed by atoms with E-state index in [0.29, 0.717) is 12.0 Å². The Morgan fingerprint density at radius 3 is 2.65 bits per heavy atom. The average molecular weight is 240 g/mol. The van der Waals surface area contributed by atoms with E-state index in [2.05, 4.69) is 0 Å². The minimum atomic E-state index is -0.411. The van der Waals surface area contributed by atoms with Gasteiger partial charge in [0.15, 0.2) is 0 Å². The SMILES string of the molecule is CC(C)(C)OC(=O)N1CCC2C(N)CCCC21. The van der Waals surface area contributed by atoms with Gasteiger partial charge in [-0.25, -0.2) is 4.79 Å². The van der Waals surface area contributed by atoms with Crippen molar-refractivity contribution in [3.63, 3.8) is 0 Å². The molecule has 2 N–H and O–H groups in total. The van der Waals surface area contributed by atoms with Crippen LogP contribution in [0.1, 0.15) is 46.5 Å². The molecule has 1 heterocycles. The number of fused-ring (bicyclic) bond motifs is 1. The predicted molar refractivity (Wildman–Crippen MR) is 66.7 cm³/mol. The highest BCUT2D eigenvalue weighted by Gasteiger charge is 2.43. The highest BCUT2D eigenvalue weighted by molar-refractivity contribution is 5.69. The van der Waals surface area contributed by atoms with E-state index in [-0.39, 0.29) is 12.1 Å². The molecular formula is C13H24N2O2. The maximum Gasteiger partial charge on any atom is 0.410 e. The molecule has 4 heteroatoms. The first-order valence-electron chi connectivity index (χ1n) is 6.64. The van der Waals surface area contributed by atoms with E-state index in [9.17, 15) is 4.79 Å². The molecule has 0 aromatic carbocycles. The van der Waals surface area contributed by atoms with Crippen LogP contribution in [0.4, 0.5) is 4.79 Å². The molecule has 0 bridgehead atoms. The van der Waals surface area contributed by atoms with E-state index >= 15 is 0 Å². The molecule has 0 aromatic heterocycles. The summed E-state index contributed by atoms with van der Waals surface area (Å²) < 4.78 is 5.45. The Morgan fingerprint density at radius 1 is 1.29 bits per heavy atom. The van der Waals surface area contributed by atoms with E-state index in [0.717, 1.165) is 32.2 Å². The standard InChI is InChI=1S/C13H24N2O2/c1-13(2,3)17-12(16)15-8-7-9-10(14)5-4-6-11(9)15/h9-11H,4-8,14H2,1-3H3. The van der Waals surface area contributed by atoms with Crippen molar-refractivity contribution >= 4 is 6.09 Å². The number of amides is 1. The fraction of sp³-hybridized carbons (Fsp3) is 0.923. The van der Waals surface area contributed by atoms with E-state index in [1.807, 2.05) is 25.7 Å². The lowest BCUT2D eigenvalue weighted by Gasteiger charge is -2.35. The summed E-state index contributed by atoms with van der Waals surface area (Å²) in [7, 11) is 0. The molecule has 2 fully saturated rings. The zero-order chi connectivity index (χ0) is 12.6. The van der Waals surface area contributed by atoms with E-state index in [1.54, 1.807) is 0 Å². The predicted octanol–water partition coefficient (Wildman–Crippen LogP) is 2.12. The first-order chi connectivity index (χ1) is 7.88. The summed E-state index contributed by atoms with van der Waals surface area (Å²) >= 11 is 0. The number of hydrogen-bond acceptors (Lipinski definition) is 3. The Morgan fingerprint density at radius 2 is 2.00 bits per heavy atom. The lowest BCUT2D eigenvalue weighted by Crippen LogP contribution is -2.47. The van der Waals surface area contributed by atoms with Crippen molar-refractivity contribution in [2.75, 3.05) is 6.54 Å². The maximum absolute atomic E-state index is 12.1. The van der Waals surface area contributed by atoms with Gasteiger partial charge in [0.1, 0.15) is 5.60 Å². The van der Waals surface area contributed by atoms with Crippen LogP contribution in [0.2, 0.25) is 0 Å². The van der Waals surface area contributed by atoms with Gasteiger partial charge in [0, 0.05) is 18.6 Å². The van der Waals surface area contributed by atoms with Gasteiger partial charge in [-0.3, -0.25) is 0 Å². The molecular weight excluding hydrogens is 216 g/mol. The molecule has 2 aliphatic rings. The van der Waals surface area contributed by atoms with Gasteiger partial charge in [-0.1, -0.05) is 0 Å². The third kappa shape index (κ3) is 2.73. The Labute approximate surface area is 103 Å². The van der Waals surface area contributed by atoms with Crippen molar-refractivity contribution in [2.24, 2.45) is 11.7 Å². The van der Waals surface area contributed by atoms with Gasteiger partial charge in [0.05, 0.1) is 0 Å². The number of nitrogens with two attached hydrogens (primary N) is 1. The highest BCUT2D eigenvalue weighted by atomic mass is 16.6. The number of carbonyl (C=O) groups excluding carboxylic acids is 1. The number of likely N-dealkylation sites (tertiary alicyclic amines) is 1. The van der Waals surface area contributed by atoms with Crippen LogP contribution in [-0.2, 0) is 4.74 Å². The van der Waals surface area contributed by atoms with Crippen LogP contribution in [0.3, 0.4) is 0 Å². The Hall–Kier alpha value is -0.770. The zero-order valence-electron chi connectivity index (χ0n) is 11.1. The summed E-state index contributed by atoms with van der Waals surface area (Å²) in [5.74, 6) is 0.483. The minimum absolute atomic E-state index is 0.167. The third-order valence-corrected chi connectivity index (χ3v) is 3.81. The quantitative estimate of drug-likeness (QED) is 0.705. The van der Waals surface area contributed by atoms with Gasteiger partial charge in [0.25, 0.3) is 0 Å². The second kappa shape index (κ2) is 4.48. The smallest absolute Gasteiger partial charge is 0.410 e. The number of ether oxygens (including phenoxy) is 1. The van der Waals surface area contributed by atoms with Gasteiger partial charge in [-0.15, -0.1) is 0 Å². The van der Waals surface area contributed by atoms with Crippen LogP contribution in [0.5, 0.6) is 0 Å². The van der Waals surface area contributed by atoms with E-state index in [4.69, 9.17) is 10.5 Å². The fourth-order valence-corrected chi connectivity index (χ4v) is 3.07. The first kappa shape index (κ1) is 12.7. The Bertz CT molecular complexity index is 298. The van der Waals surface area contributed by atoms with Crippen molar-refractivity contribution in [2.45, 2.75) is 64.1 Å². The zero-order valence-corrected chi connectivity index (χ0v) is 11.1. The van der Waals surface area contributed by atoms with Crippen LogP contribution in [0, 0.1) is 5.92 Å². The first-order valence-corrected chi connectivity index (χ1v) is 6.64. The summed E-state index contributed by atoms with van der Waals surface area (Å²) in [6.07, 6.45) is 4.17. The molecule has 4 nitrogen and oxygen atoms in total. The second-order valence-corrected chi connectivity index (χ2v) is 6.29. The molecule has 1 saturated carbocycles. The molecule has 98 valence electrons. The second-order valence-electron chi connectivity index (χ2n) is 6.29. The van der Waals surface area contributed by atoms with Gasteiger partial charge in [-0.05, 0) is 52.4 Å². The van der Waals surface area contributed by atoms with Crippen molar-refractivity contribution in [3.05, 3.63) is 0 Å². The van der Waals surface area contributed by atoms with Gasteiger partial charge in [-0.2, -0.15) is 0 Å². The molecule has 0 aromatic rings. The molecule has 1 aliphatic carbocycles. The van der Waals surface area contributed by atoms with Crippen molar-refractivity contribution in [1.82, 2.24) is 4.90 Å². The van der Waals surface area contributed by atoms with Crippen LogP contribution >= 0.6 is 0 Å². The van der Waals surface area contributed by atoms with Crippen LogP contribution in [-0.4, -0.2) is 35.2 Å². The minimum Gasteiger partial charge on any atom is -0.444 e. The molecule has 1 amide bonds. The van der Waals surface area contributed by atoms with E-state index in [1.165, 1.54) is 0 Å². The summed E-state index contributed by atoms with van der Waals surface area (Å²) in [6.45, 7) is 6.53. The molecule has 3 atom stereocenters. The van der Waals surface area contributed by atoms with Crippen molar-refractivity contribution in [3.8, 4) is 0 Å². The third-order valence-electron chi connectivity index (χ3n) is 3.81. The summed E-state index contributed by atoms with van der Waals surface area (Å²) in [4.78, 5) is 14.0. The van der Waals surface area contributed by atoms with Crippen LogP contribution in [0.15, 0.2) is 0 Å². The van der Waals surface area contributed by atoms with Crippen LogP contribution in [0.25, 0.3) is 0 Å². The largest absolute Gasteiger partial charge is 0.444 e. The topological polar surface area (TPSA) is 55.6 Å². The summed E-state index contributed by atoms with van der Waals surface area (Å²) in [6, 6.07) is 0.579. The summed E-state index contributed by atoms with van der Waals surface area (Å²) in [5, 5.41) is 0. The molecule has 1 aliphatic heterocycles. The molecule has 1 saturated heterocycles. The van der Waals surface area contributed by atoms with Crippen LogP contribution < -0.4 is 5.73 Å². The summed E-state index contributed by atoms with van der Waals surface area (Å²) in [5.41, 5.74) is 5.72. The average Bonchev–Trinajstić information content (AvgIpc) is 2.60. The highest BCUT2D eigenvalue weighted by Crippen LogP contribution is 2.36. The fourth-order valence-electron chi connectivity index (χ4n) is 3.07. The van der Waals surface area contributed by atoms with Crippen molar-refractivity contribution in [1.29, 1.82) is 0 Å². The number of rotatable bonds is 0. The Kier molecular flexibility index (Phi) is 3.34.